The lowest BCUT2D eigenvalue weighted by Gasteiger charge is -2.29. The van der Waals surface area contributed by atoms with E-state index < -0.39 is 25.8 Å². The lowest BCUT2D eigenvalue weighted by atomic mass is 9.85. The second kappa shape index (κ2) is 7.06. The monoisotopic (exact) mass is 435 g/mol. The molecule has 0 N–H and O–H groups in total. The van der Waals surface area contributed by atoms with Crippen LogP contribution in [0.1, 0.15) is 30.8 Å². The number of pyridine rings is 1. The number of halogens is 3. The fourth-order valence-corrected chi connectivity index (χ4v) is 4.34. The Morgan fingerprint density at radius 3 is 2.67 bits per heavy atom. The molecule has 1 aromatic rings. The van der Waals surface area contributed by atoms with Crippen LogP contribution in [0.5, 0.6) is 0 Å². The molecule has 0 radical (unpaired) electrons. The lowest BCUT2D eigenvalue weighted by molar-refractivity contribution is 0.102. The summed E-state index contributed by atoms with van der Waals surface area (Å²) in [5, 5.41) is -0.0625. The zero-order chi connectivity index (χ0) is 18.1. The summed E-state index contributed by atoms with van der Waals surface area (Å²) in [6.07, 6.45) is 4.51. The summed E-state index contributed by atoms with van der Waals surface area (Å²) < 4.78 is 35.9. The Hall–Kier alpha value is -1.05. The number of hydrogen-bond acceptors (Lipinski definition) is 4. The largest absolute Gasteiger partial charge is 0.287 e. The summed E-state index contributed by atoms with van der Waals surface area (Å²) >= 11 is 9.41. The average Bonchev–Trinajstić information content (AvgIpc) is 2.45. The van der Waals surface area contributed by atoms with E-state index in [9.17, 15) is 17.6 Å². The Morgan fingerprint density at radius 1 is 1.46 bits per heavy atom. The van der Waals surface area contributed by atoms with Crippen molar-refractivity contribution in [1.29, 1.82) is 0 Å². The molecule has 2 rings (SSSR count). The van der Waals surface area contributed by atoms with Gasteiger partial charge >= 0.3 is 0 Å². The van der Waals surface area contributed by atoms with E-state index in [-0.39, 0.29) is 22.2 Å². The number of Topliss-reactive ketones (excluding diaryl/α,β-unsaturated/α-hetero) is 1. The quantitative estimate of drug-likeness (QED) is 0.519. The van der Waals surface area contributed by atoms with Gasteiger partial charge in [-0.05, 0) is 19.4 Å². The van der Waals surface area contributed by atoms with Crippen LogP contribution in [0, 0.1) is 5.82 Å². The predicted molar refractivity (Wildman–Crippen MR) is 96.0 cm³/mol. The molecule has 4 nitrogen and oxygen atoms in total. The topological polar surface area (TPSA) is 64.1 Å². The first-order chi connectivity index (χ1) is 11.1. The van der Waals surface area contributed by atoms with Crippen molar-refractivity contribution in [2.45, 2.75) is 24.6 Å². The molecular weight excluding hydrogens is 421 g/mol. The van der Waals surface area contributed by atoms with Gasteiger partial charge in [0.2, 0.25) is 5.78 Å². The van der Waals surface area contributed by atoms with Gasteiger partial charge in [0.25, 0.3) is 0 Å². The van der Waals surface area contributed by atoms with Gasteiger partial charge in [-0.25, -0.2) is 17.8 Å². The van der Waals surface area contributed by atoms with Crippen molar-refractivity contribution in [3.63, 3.8) is 0 Å². The molecule has 24 heavy (non-hydrogen) atoms. The number of ketones is 1. The van der Waals surface area contributed by atoms with Crippen LogP contribution in [0.4, 0.5) is 4.39 Å². The molecule has 0 aromatic carbocycles. The van der Waals surface area contributed by atoms with Crippen molar-refractivity contribution in [3.8, 4) is 0 Å². The van der Waals surface area contributed by atoms with Crippen LogP contribution in [0.15, 0.2) is 35.6 Å². The summed E-state index contributed by atoms with van der Waals surface area (Å²) in [6, 6.07) is 1.03. The molecule has 130 valence electrons. The van der Waals surface area contributed by atoms with Crippen molar-refractivity contribution >= 4 is 43.2 Å². The average molecular weight is 437 g/mol. The minimum Gasteiger partial charge on any atom is -0.287 e. The summed E-state index contributed by atoms with van der Waals surface area (Å²) in [5.74, 6) is -1.03. The van der Waals surface area contributed by atoms with Gasteiger partial charge < -0.3 is 0 Å². The molecule has 8 heteroatoms. The van der Waals surface area contributed by atoms with Gasteiger partial charge in [0.05, 0.1) is 21.3 Å². The Labute approximate surface area is 153 Å². The van der Waals surface area contributed by atoms with Gasteiger partial charge in [0, 0.05) is 11.3 Å². The number of hydrogen-bond donors (Lipinski definition) is 0. The fourth-order valence-electron chi connectivity index (χ4n) is 2.46. The first kappa shape index (κ1) is 19.3. The molecule has 1 atom stereocenters. The molecule has 1 unspecified atom stereocenters. The molecule has 0 saturated heterocycles. The highest BCUT2D eigenvalue weighted by atomic mass is 79.9. The van der Waals surface area contributed by atoms with E-state index >= 15 is 0 Å². The second-order valence-corrected chi connectivity index (χ2v) is 10.3. The molecule has 0 fully saturated rings. The minimum absolute atomic E-state index is 0.0342. The molecule has 1 heterocycles. The lowest BCUT2D eigenvalue weighted by Crippen LogP contribution is -2.30. The number of carbonyl (C=O) groups excluding carboxylic acids is 1. The molecule has 0 spiro atoms. The standard InChI is InChI=1S/C16H16BrClFNO3S/c1-3-24(22,23)9-10-4-5-12(16(2,17)7-10)15(21)14-13(18)6-11(19)8-20-14/h4-6,8H,3,7,9H2,1-2H3. The fraction of sp³-hybridized carbons (Fsp3) is 0.375. The maximum atomic E-state index is 13.1. The van der Waals surface area contributed by atoms with E-state index in [2.05, 4.69) is 20.9 Å². The van der Waals surface area contributed by atoms with Gasteiger partial charge in [-0.2, -0.15) is 0 Å². The van der Waals surface area contributed by atoms with E-state index in [0.29, 0.717) is 17.6 Å². The van der Waals surface area contributed by atoms with Gasteiger partial charge in [-0.15, -0.1) is 0 Å². The summed E-state index contributed by atoms with van der Waals surface area (Å²) in [5.41, 5.74) is 1.07. The van der Waals surface area contributed by atoms with Crippen LogP contribution in [0.2, 0.25) is 5.02 Å². The molecule has 1 aliphatic carbocycles. The third kappa shape index (κ3) is 4.32. The highest BCUT2D eigenvalue weighted by Crippen LogP contribution is 2.39. The van der Waals surface area contributed by atoms with Crippen LogP contribution in [0.3, 0.4) is 0 Å². The SMILES string of the molecule is CCS(=O)(=O)CC1=CC=C(C(=O)c2ncc(F)cc2Cl)C(C)(Br)C1. The highest BCUT2D eigenvalue weighted by molar-refractivity contribution is 9.10. The van der Waals surface area contributed by atoms with E-state index in [1.807, 2.05) is 0 Å². The number of allylic oxidation sites excluding steroid dienone is 3. The Balaban J connectivity index is 2.37. The zero-order valence-electron chi connectivity index (χ0n) is 13.1. The first-order valence-corrected chi connectivity index (χ1v) is 10.2. The van der Waals surface area contributed by atoms with Gasteiger partial charge in [-0.3, -0.25) is 4.79 Å². The second-order valence-electron chi connectivity index (χ2n) is 5.77. The van der Waals surface area contributed by atoms with E-state index in [0.717, 1.165) is 12.3 Å². The number of sulfone groups is 1. The van der Waals surface area contributed by atoms with Crippen LogP contribution in [-0.2, 0) is 9.84 Å². The Kier molecular flexibility index (Phi) is 5.67. The first-order valence-electron chi connectivity index (χ1n) is 7.21. The van der Waals surface area contributed by atoms with Crippen molar-refractivity contribution in [1.82, 2.24) is 4.98 Å². The van der Waals surface area contributed by atoms with Crippen molar-refractivity contribution in [2.24, 2.45) is 0 Å². The molecule has 0 bridgehead atoms. The van der Waals surface area contributed by atoms with Crippen molar-refractivity contribution in [3.05, 3.63) is 52.1 Å². The van der Waals surface area contributed by atoms with Crippen LogP contribution in [0.25, 0.3) is 0 Å². The minimum atomic E-state index is -3.15. The van der Waals surface area contributed by atoms with Crippen LogP contribution < -0.4 is 0 Å². The number of carbonyl (C=O) groups is 1. The van der Waals surface area contributed by atoms with E-state index in [1.54, 1.807) is 26.0 Å². The number of aromatic nitrogens is 1. The molecular formula is C16H16BrClFNO3S. The summed E-state index contributed by atoms with van der Waals surface area (Å²) in [7, 11) is -3.15. The van der Waals surface area contributed by atoms with Crippen LogP contribution >= 0.6 is 27.5 Å². The van der Waals surface area contributed by atoms with Crippen molar-refractivity contribution < 1.29 is 17.6 Å². The normalized spacial score (nSPS) is 21.2. The molecule has 0 aliphatic heterocycles. The number of alkyl halides is 1. The molecule has 0 amide bonds. The Bertz CT molecular complexity index is 847. The molecule has 0 saturated carbocycles. The smallest absolute Gasteiger partial charge is 0.210 e. The number of nitrogens with zero attached hydrogens (tertiary/aromatic N) is 1. The van der Waals surface area contributed by atoms with E-state index in [4.69, 9.17) is 11.6 Å². The van der Waals surface area contributed by atoms with Crippen molar-refractivity contribution in [2.75, 3.05) is 11.5 Å². The summed E-state index contributed by atoms with van der Waals surface area (Å²) in [4.78, 5) is 16.5. The molecule has 1 aromatic heterocycles. The summed E-state index contributed by atoms with van der Waals surface area (Å²) in [6.45, 7) is 3.37. The third-order valence-electron chi connectivity index (χ3n) is 3.72. The third-order valence-corrected chi connectivity index (χ3v) is 6.40. The maximum absolute atomic E-state index is 13.1. The Morgan fingerprint density at radius 2 is 2.12 bits per heavy atom. The van der Waals surface area contributed by atoms with E-state index in [1.165, 1.54) is 0 Å². The highest BCUT2D eigenvalue weighted by Gasteiger charge is 2.36. The molecule has 1 aliphatic rings. The van der Waals surface area contributed by atoms with Gasteiger partial charge in [0.15, 0.2) is 9.84 Å². The number of rotatable bonds is 5. The van der Waals surface area contributed by atoms with Gasteiger partial charge in [-0.1, -0.05) is 52.2 Å². The van der Waals surface area contributed by atoms with Gasteiger partial charge in [0.1, 0.15) is 11.5 Å². The maximum Gasteiger partial charge on any atom is 0.210 e. The predicted octanol–water partition coefficient (Wildman–Crippen LogP) is 3.90. The zero-order valence-corrected chi connectivity index (χ0v) is 16.3. The van der Waals surface area contributed by atoms with Crippen LogP contribution in [-0.4, -0.2) is 35.0 Å².